The highest BCUT2D eigenvalue weighted by atomic mass is 32.1. The van der Waals surface area contributed by atoms with E-state index in [1.165, 1.54) is 11.3 Å². The number of carbonyl (C=O) groups is 1. The van der Waals surface area contributed by atoms with Gasteiger partial charge in [0.25, 0.3) is 0 Å². The third-order valence-electron chi connectivity index (χ3n) is 5.46. The molecule has 0 aliphatic carbocycles. The molecule has 30 heavy (non-hydrogen) atoms. The molecule has 0 spiro atoms. The van der Waals surface area contributed by atoms with Crippen molar-refractivity contribution in [2.75, 3.05) is 20.2 Å². The van der Waals surface area contributed by atoms with Gasteiger partial charge in [0, 0.05) is 24.9 Å². The van der Waals surface area contributed by atoms with Crippen molar-refractivity contribution < 1.29 is 19.4 Å². The summed E-state index contributed by atoms with van der Waals surface area (Å²) >= 11 is 1.50. The Morgan fingerprint density at radius 2 is 1.87 bits per heavy atom. The second-order valence-electron chi connectivity index (χ2n) is 8.92. The summed E-state index contributed by atoms with van der Waals surface area (Å²) in [6.45, 7) is 9.38. The van der Waals surface area contributed by atoms with Gasteiger partial charge in [-0.25, -0.2) is 4.98 Å². The van der Waals surface area contributed by atoms with E-state index in [2.05, 4.69) is 4.98 Å². The first-order valence-electron chi connectivity index (χ1n) is 10.4. The number of aryl methyl sites for hydroxylation is 1. The molecule has 1 atom stereocenters. The van der Waals surface area contributed by atoms with E-state index in [4.69, 9.17) is 9.47 Å². The van der Waals surface area contributed by atoms with Crippen LogP contribution in [-0.2, 0) is 17.0 Å². The predicted molar refractivity (Wildman–Crippen MR) is 118 cm³/mol. The lowest BCUT2D eigenvalue weighted by Crippen LogP contribution is -2.40. The molecule has 1 aromatic heterocycles. The van der Waals surface area contributed by atoms with Gasteiger partial charge in [-0.15, -0.1) is 11.3 Å². The molecule has 1 aliphatic heterocycles. The highest BCUT2D eigenvalue weighted by Crippen LogP contribution is 2.37. The van der Waals surface area contributed by atoms with Crippen molar-refractivity contribution in [1.29, 1.82) is 0 Å². The molecule has 2 aromatic rings. The van der Waals surface area contributed by atoms with Crippen molar-refractivity contribution in [3.63, 3.8) is 0 Å². The van der Waals surface area contributed by atoms with Crippen molar-refractivity contribution >= 4 is 17.2 Å². The zero-order valence-electron chi connectivity index (χ0n) is 18.5. The number of hydrogen-bond donors (Lipinski definition) is 1. The fraction of sp³-hybridized carbons (Fsp3) is 0.565. The van der Waals surface area contributed by atoms with E-state index >= 15 is 0 Å². The molecule has 1 aromatic carbocycles. The Kier molecular flexibility index (Phi) is 6.72. The van der Waals surface area contributed by atoms with Crippen molar-refractivity contribution in [2.45, 2.75) is 59.2 Å². The number of amides is 1. The van der Waals surface area contributed by atoms with Gasteiger partial charge in [0.2, 0.25) is 5.91 Å². The molecule has 1 saturated heterocycles. The minimum Gasteiger partial charge on any atom is -0.497 e. The summed E-state index contributed by atoms with van der Waals surface area (Å²) in [4.78, 5) is 20.2. The first-order valence-corrected chi connectivity index (χ1v) is 11.2. The van der Waals surface area contributed by atoms with Gasteiger partial charge in [0.1, 0.15) is 28.7 Å². The molecule has 1 fully saturated rings. The Bertz CT molecular complexity index is 872. The zero-order chi connectivity index (χ0) is 21.9. The summed E-state index contributed by atoms with van der Waals surface area (Å²) < 4.78 is 11.1. The van der Waals surface area contributed by atoms with Gasteiger partial charge in [-0.2, -0.15) is 0 Å². The summed E-state index contributed by atoms with van der Waals surface area (Å²) in [6, 6.07) is 7.46. The lowest BCUT2D eigenvalue weighted by molar-refractivity contribution is -0.139. The summed E-state index contributed by atoms with van der Waals surface area (Å²) in [7, 11) is 1.63. The number of likely N-dealkylation sites (tertiary alicyclic amines) is 1. The molecule has 1 amide bonds. The van der Waals surface area contributed by atoms with Crippen LogP contribution in [0.5, 0.6) is 11.5 Å². The Morgan fingerprint density at radius 1 is 1.20 bits per heavy atom. The van der Waals surface area contributed by atoms with Crippen molar-refractivity contribution in [3.05, 3.63) is 39.8 Å². The van der Waals surface area contributed by atoms with Gasteiger partial charge in [-0.3, -0.25) is 4.79 Å². The summed E-state index contributed by atoms with van der Waals surface area (Å²) in [5.74, 6) is 1.68. The van der Waals surface area contributed by atoms with Crippen LogP contribution in [0.1, 0.15) is 55.6 Å². The predicted octanol–water partition coefficient (Wildman–Crippen LogP) is 4.29. The van der Waals surface area contributed by atoms with Gasteiger partial charge in [0.15, 0.2) is 0 Å². The number of nitrogens with zero attached hydrogens (tertiary/aromatic N) is 2. The molecule has 1 N–H and O–H groups in total. The summed E-state index contributed by atoms with van der Waals surface area (Å²) in [5.41, 5.74) is -0.531. The van der Waals surface area contributed by atoms with Gasteiger partial charge < -0.3 is 19.5 Å². The fourth-order valence-electron chi connectivity index (χ4n) is 3.59. The lowest BCUT2D eigenvalue weighted by Gasteiger charge is -2.29. The molecule has 0 unspecified atom stereocenters. The van der Waals surface area contributed by atoms with Gasteiger partial charge in [-0.1, -0.05) is 20.8 Å². The largest absolute Gasteiger partial charge is 0.497 e. The van der Waals surface area contributed by atoms with Gasteiger partial charge >= 0.3 is 0 Å². The van der Waals surface area contributed by atoms with Crippen LogP contribution in [0.4, 0.5) is 0 Å². The Labute approximate surface area is 182 Å². The van der Waals surface area contributed by atoms with Crippen LogP contribution in [0.3, 0.4) is 0 Å². The molecule has 6 nitrogen and oxygen atoms in total. The number of aliphatic hydroxyl groups is 1. The second-order valence-corrected chi connectivity index (χ2v) is 10.0. The van der Waals surface area contributed by atoms with E-state index in [9.17, 15) is 9.90 Å². The first-order chi connectivity index (χ1) is 14.1. The van der Waals surface area contributed by atoms with E-state index in [0.29, 0.717) is 32.5 Å². The topological polar surface area (TPSA) is 71.9 Å². The van der Waals surface area contributed by atoms with E-state index in [1.807, 2.05) is 56.9 Å². The number of thiazole rings is 1. The van der Waals surface area contributed by atoms with Crippen LogP contribution in [0.25, 0.3) is 0 Å². The average Bonchev–Trinajstić information content (AvgIpc) is 2.97. The lowest BCUT2D eigenvalue weighted by atomic mass is 9.94. The Morgan fingerprint density at radius 3 is 2.50 bits per heavy atom. The smallest absolute Gasteiger partial charge is 0.227 e. The van der Waals surface area contributed by atoms with Crippen molar-refractivity contribution in [1.82, 2.24) is 9.88 Å². The molecular formula is C23H32N2O4S. The molecule has 3 rings (SSSR count). The maximum Gasteiger partial charge on any atom is 0.227 e. The number of hydrogen-bond acceptors (Lipinski definition) is 6. The third-order valence-corrected chi connectivity index (χ3v) is 6.79. The van der Waals surface area contributed by atoms with Crippen molar-refractivity contribution in [2.24, 2.45) is 5.41 Å². The third kappa shape index (κ3) is 5.13. The molecule has 1 aliphatic rings. The maximum absolute atomic E-state index is 12.6. The number of benzene rings is 1. The summed E-state index contributed by atoms with van der Waals surface area (Å²) in [6.07, 6.45) is 1.86. The standard InChI is InChI=1S/C23H32N2O4S/c1-16-19(15-29-18-9-7-17(28-5)8-10-18)30-20(24-16)23(27)11-6-13-25(14-12-23)21(26)22(2,3)4/h7-10,27H,6,11-15H2,1-5H3/t23-/m1/s1. The van der Waals surface area contributed by atoms with Crippen molar-refractivity contribution in [3.8, 4) is 11.5 Å². The molecular weight excluding hydrogens is 400 g/mol. The van der Waals surface area contributed by atoms with Crippen LogP contribution >= 0.6 is 11.3 Å². The second kappa shape index (κ2) is 8.94. The van der Waals surface area contributed by atoms with Crippen LogP contribution in [0.2, 0.25) is 0 Å². The summed E-state index contributed by atoms with van der Waals surface area (Å²) in [5, 5.41) is 12.1. The molecule has 164 valence electrons. The fourth-order valence-corrected chi connectivity index (χ4v) is 4.71. The highest BCUT2D eigenvalue weighted by molar-refractivity contribution is 7.11. The van der Waals surface area contributed by atoms with E-state index in [0.717, 1.165) is 33.5 Å². The number of methoxy groups -OCH3 is 1. The Balaban J connectivity index is 1.67. The van der Waals surface area contributed by atoms with E-state index in [1.54, 1.807) is 7.11 Å². The van der Waals surface area contributed by atoms with Gasteiger partial charge in [0.05, 0.1) is 17.7 Å². The van der Waals surface area contributed by atoms with Crippen LogP contribution in [0.15, 0.2) is 24.3 Å². The molecule has 0 radical (unpaired) electrons. The van der Waals surface area contributed by atoms with E-state index in [-0.39, 0.29) is 5.91 Å². The monoisotopic (exact) mass is 432 g/mol. The molecule has 0 bridgehead atoms. The molecule has 0 saturated carbocycles. The van der Waals surface area contributed by atoms with E-state index < -0.39 is 11.0 Å². The average molecular weight is 433 g/mol. The zero-order valence-corrected chi connectivity index (χ0v) is 19.3. The SMILES string of the molecule is COc1ccc(OCc2sc([C@@]3(O)CCCN(C(=O)C(C)(C)C)CC3)nc2C)cc1. The number of rotatable bonds is 5. The highest BCUT2D eigenvalue weighted by Gasteiger charge is 2.38. The number of ether oxygens (including phenoxy) is 2. The van der Waals surface area contributed by atoms with Crippen LogP contribution < -0.4 is 9.47 Å². The quantitative estimate of drug-likeness (QED) is 0.763. The normalized spacial score (nSPS) is 20.0. The minimum atomic E-state index is -0.999. The van der Waals surface area contributed by atoms with Crippen LogP contribution in [0, 0.1) is 12.3 Å². The number of carbonyl (C=O) groups excluding carboxylic acids is 1. The molecule has 2 heterocycles. The minimum absolute atomic E-state index is 0.135. The van der Waals surface area contributed by atoms with Gasteiger partial charge in [-0.05, 0) is 44.0 Å². The molecule has 7 heteroatoms. The first kappa shape index (κ1) is 22.6. The maximum atomic E-state index is 12.6. The van der Waals surface area contributed by atoms with Crippen LogP contribution in [-0.4, -0.2) is 41.1 Å². The number of aromatic nitrogens is 1. The Hall–Kier alpha value is -2.12.